The van der Waals surface area contributed by atoms with Crippen LogP contribution in [0.3, 0.4) is 0 Å². The minimum atomic E-state index is -0.0901. The van der Waals surface area contributed by atoms with Crippen molar-refractivity contribution in [1.82, 2.24) is 9.55 Å². The van der Waals surface area contributed by atoms with Crippen LogP contribution in [0.1, 0.15) is 43.8 Å². The van der Waals surface area contributed by atoms with Crippen LogP contribution in [-0.2, 0) is 6.54 Å². The molecule has 2 aromatic rings. The molecule has 0 aliphatic rings. The van der Waals surface area contributed by atoms with Crippen LogP contribution in [0, 0.1) is 0 Å². The summed E-state index contributed by atoms with van der Waals surface area (Å²) in [6, 6.07) is 5.84. The Kier molecular flexibility index (Phi) is 6.72. The Morgan fingerprint density at radius 2 is 2.00 bits per heavy atom. The van der Waals surface area contributed by atoms with Crippen LogP contribution in [0.4, 0.5) is 0 Å². The third kappa shape index (κ3) is 4.54. The number of thioether (sulfide) groups is 1. The molecule has 21 heavy (non-hydrogen) atoms. The molecule has 0 aliphatic heterocycles. The van der Waals surface area contributed by atoms with Crippen LogP contribution < -0.4 is 0 Å². The molecule has 1 aromatic carbocycles. The van der Waals surface area contributed by atoms with E-state index in [1.54, 1.807) is 0 Å². The van der Waals surface area contributed by atoms with Crippen molar-refractivity contribution < 1.29 is 0 Å². The van der Waals surface area contributed by atoms with E-state index < -0.39 is 0 Å². The molecule has 1 aromatic heterocycles. The maximum atomic E-state index is 6.28. The summed E-state index contributed by atoms with van der Waals surface area (Å²) in [5.41, 5.74) is 2.07. The second-order valence-corrected chi connectivity index (χ2v) is 7.35. The molecular weight excluding hydrogens is 323 g/mol. The first-order valence-corrected chi connectivity index (χ1v) is 9.63. The fraction of sp³-hybridized carbons (Fsp3) is 0.562. The summed E-state index contributed by atoms with van der Waals surface area (Å²) in [5.74, 6) is 2.20. The molecule has 0 spiro atoms. The first-order chi connectivity index (χ1) is 10.1. The number of hydrogen-bond donors (Lipinski definition) is 0. The Bertz CT molecular complexity index is 581. The average molecular weight is 345 g/mol. The van der Waals surface area contributed by atoms with Gasteiger partial charge in [0.15, 0.2) is 0 Å². The Balaban J connectivity index is 2.09. The summed E-state index contributed by atoms with van der Waals surface area (Å²) < 4.78 is 2.23. The van der Waals surface area contributed by atoms with Gasteiger partial charge in [-0.25, -0.2) is 4.98 Å². The molecule has 0 saturated heterocycles. The van der Waals surface area contributed by atoms with E-state index in [1.807, 2.05) is 36.9 Å². The molecule has 5 heteroatoms. The van der Waals surface area contributed by atoms with Crippen LogP contribution in [0.25, 0.3) is 11.0 Å². The maximum Gasteiger partial charge on any atom is 0.127 e. The number of nitrogens with zero attached hydrogens (tertiary/aromatic N) is 2. The summed E-state index contributed by atoms with van der Waals surface area (Å²) in [4.78, 5) is 4.65. The van der Waals surface area contributed by atoms with Crippen molar-refractivity contribution in [3.05, 3.63) is 29.0 Å². The molecule has 1 heterocycles. The Hall–Kier alpha value is -0.380. The molecule has 0 N–H and O–H groups in total. The van der Waals surface area contributed by atoms with E-state index in [1.165, 1.54) is 25.0 Å². The van der Waals surface area contributed by atoms with Crippen LogP contribution in [0.2, 0.25) is 5.02 Å². The first kappa shape index (κ1) is 17.0. The second-order valence-electron chi connectivity index (χ2n) is 5.28. The Morgan fingerprint density at radius 3 is 2.71 bits per heavy atom. The number of imidazole rings is 1. The molecule has 0 amide bonds. The maximum absolute atomic E-state index is 6.28. The van der Waals surface area contributed by atoms with Gasteiger partial charge in [0.2, 0.25) is 0 Å². The van der Waals surface area contributed by atoms with E-state index in [9.17, 15) is 0 Å². The van der Waals surface area contributed by atoms with Crippen LogP contribution in [0.15, 0.2) is 18.2 Å². The monoisotopic (exact) mass is 344 g/mol. The Labute approximate surface area is 141 Å². The number of aromatic nitrogens is 2. The molecular formula is C16H22Cl2N2S. The highest BCUT2D eigenvalue weighted by Crippen LogP contribution is 2.27. The fourth-order valence-electron chi connectivity index (χ4n) is 2.52. The molecule has 2 nitrogen and oxygen atoms in total. The zero-order chi connectivity index (χ0) is 15.2. The number of fused-ring (bicyclic) bond motifs is 1. The normalized spacial score (nSPS) is 13.0. The van der Waals surface area contributed by atoms with Gasteiger partial charge in [0.25, 0.3) is 0 Å². The Morgan fingerprint density at radius 1 is 1.24 bits per heavy atom. The standard InChI is InChI=1S/C16H22Cl2N2S/c1-12(17)16-19-14-8-7-13(18)11-15(14)20(16)9-5-3-4-6-10-21-2/h7-8,11-12H,3-6,9-10H2,1-2H3. The molecule has 116 valence electrons. The molecule has 0 aliphatic carbocycles. The lowest BCUT2D eigenvalue weighted by atomic mass is 10.2. The smallest absolute Gasteiger partial charge is 0.127 e. The summed E-state index contributed by atoms with van der Waals surface area (Å²) in [7, 11) is 0. The predicted molar refractivity (Wildman–Crippen MR) is 95.9 cm³/mol. The highest BCUT2D eigenvalue weighted by atomic mass is 35.5. The number of alkyl halides is 1. The molecule has 1 unspecified atom stereocenters. The summed E-state index contributed by atoms with van der Waals surface area (Å²) in [5, 5.41) is 0.657. The van der Waals surface area contributed by atoms with Crippen LogP contribution >= 0.6 is 35.0 Å². The number of halogens is 2. The van der Waals surface area contributed by atoms with Gasteiger partial charge in [-0.05, 0) is 50.0 Å². The van der Waals surface area contributed by atoms with E-state index in [0.717, 1.165) is 34.8 Å². The van der Waals surface area contributed by atoms with Gasteiger partial charge in [-0.15, -0.1) is 11.6 Å². The van der Waals surface area contributed by atoms with E-state index in [0.29, 0.717) is 0 Å². The number of unbranched alkanes of at least 4 members (excludes halogenated alkanes) is 3. The zero-order valence-electron chi connectivity index (χ0n) is 12.6. The minimum absolute atomic E-state index is 0.0901. The van der Waals surface area contributed by atoms with Gasteiger partial charge in [-0.3, -0.25) is 0 Å². The first-order valence-electron chi connectivity index (χ1n) is 7.42. The predicted octanol–water partition coefficient (Wildman–Crippen LogP) is 5.91. The number of rotatable bonds is 8. The van der Waals surface area contributed by atoms with Crippen molar-refractivity contribution in [3.63, 3.8) is 0 Å². The average Bonchev–Trinajstić information content (AvgIpc) is 2.81. The number of benzene rings is 1. The topological polar surface area (TPSA) is 17.8 Å². The van der Waals surface area contributed by atoms with Crippen molar-refractivity contribution >= 4 is 46.0 Å². The fourth-order valence-corrected chi connectivity index (χ4v) is 3.35. The van der Waals surface area contributed by atoms with Gasteiger partial charge in [0.1, 0.15) is 5.82 Å². The lowest BCUT2D eigenvalue weighted by Crippen LogP contribution is -2.04. The summed E-state index contributed by atoms with van der Waals surface area (Å²) >= 11 is 14.3. The van der Waals surface area contributed by atoms with E-state index in [-0.39, 0.29) is 5.38 Å². The molecule has 2 rings (SSSR count). The molecule has 0 fully saturated rings. The van der Waals surface area contributed by atoms with Crippen LogP contribution in [0.5, 0.6) is 0 Å². The number of hydrogen-bond acceptors (Lipinski definition) is 2. The van der Waals surface area contributed by atoms with Gasteiger partial charge in [-0.2, -0.15) is 11.8 Å². The second kappa shape index (κ2) is 8.30. The van der Waals surface area contributed by atoms with Crippen molar-refractivity contribution in [2.24, 2.45) is 0 Å². The summed E-state index contributed by atoms with van der Waals surface area (Å²) in [6.45, 7) is 2.93. The third-order valence-corrected chi connectivity index (χ3v) is 4.70. The van der Waals surface area contributed by atoms with Crippen molar-refractivity contribution in [3.8, 4) is 0 Å². The van der Waals surface area contributed by atoms with E-state index in [2.05, 4.69) is 15.8 Å². The third-order valence-electron chi connectivity index (χ3n) is 3.58. The molecule has 0 radical (unpaired) electrons. The minimum Gasteiger partial charge on any atom is -0.327 e. The number of aryl methyl sites for hydroxylation is 1. The zero-order valence-corrected chi connectivity index (χ0v) is 14.9. The van der Waals surface area contributed by atoms with Gasteiger partial charge < -0.3 is 4.57 Å². The van der Waals surface area contributed by atoms with E-state index >= 15 is 0 Å². The van der Waals surface area contributed by atoms with Gasteiger partial charge in [0, 0.05) is 11.6 Å². The highest BCUT2D eigenvalue weighted by molar-refractivity contribution is 7.98. The van der Waals surface area contributed by atoms with Gasteiger partial charge in [-0.1, -0.05) is 24.4 Å². The van der Waals surface area contributed by atoms with Gasteiger partial charge in [0.05, 0.1) is 16.4 Å². The lowest BCUT2D eigenvalue weighted by molar-refractivity contribution is 0.575. The highest BCUT2D eigenvalue weighted by Gasteiger charge is 2.14. The largest absolute Gasteiger partial charge is 0.327 e. The lowest BCUT2D eigenvalue weighted by Gasteiger charge is -2.10. The molecule has 1 atom stereocenters. The van der Waals surface area contributed by atoms with Crippen molar-refractivity contribution in [2.45, 2.75) is 44.5 Å². The SMILES string of the molecule is CSCCCCCCn1c(C(C)Cl)nc2ccc(Cl)cc21. The molecule has 0 saturated carbocycles. The quantitative estimate of drug-likeness (QED) is 0.437. The van der Waals surface area contributed by atoms with Gasteiger partial charge >= 0.3 is 0 Å². The van der Waals surface area contributed by atoms with E-state index in [4.69, 9.17) is 23.2 Å². The van der Waals surface area contributed by atoms with Crippen molar-refractivity contribution in [2.75, 3.05) is 12.0 Å². The van der Waals surface area contributed by atoms with Crippen molar-refractivity contribution in [1.29, 1.82) is 0 Å². The summed E-state index contributed by atoms with van der Waals surface area (Å²) in [6.07, 6.45) is 7.16. The molecule has 0 bridgehead atoms. The van der Waals surface area contributed by atoms with Crippen LogP contribution in [-0.4, -0.2) is 21.6 Å².